The van der Waals surface area contributed by atoms with Gasteiger partial charge in [-0.1, -0.05) is 42.5 Å². The van der Waals surface area contributed by atoms with Gasteiger partial charge in [0.1, 0.15) is 11.6 Å². The standard InChI is InChI=1S/C26H23F3N2O2/c1-32-23-13-9-21(10-14-23)25-30-24(26(27,28)29)17-31(25)22-11-7-19(8-12-22)15-16-33-18-20-5-3-2-4-6-20/h2-14,17H,15-16,18H2,1H3. The smallest absolute Gasteiger partial charge is 0.434 e. The minimum absolute atomic E-state index is 0.212. The maximum atomic E-state index is 13.4. The molecule has 4 aromatic rings. The van der Waals surface area contributed by atoms with Crippen LogP contribution >= 0.6 is 0 Å². The van der Waals surface area contributed by atoms with E-state index in [0.717, 1.165) is 17.3 Å². The van der Waals surface area contributed by atoms with E-state index >= 15 is 0 Å². The summed E-state index contributed by atoms with van der Waals surface area (Å²) in [6.07, 6.45) is -2.81. The lowest BCUT2D eigenvalue weighted by Gasteiger charge is -2.10. The fraction of sp³-hybridized carbons (Fsp3) is 0.192. The van der Waals surface area contributed by atoms with Gasteiger partial charge in [-0.25, -0.2) is 4.98 Å². The van der Waals surface area contributed by atoms with Crippen molar-refractivity contribution in [2.45, 2.75) is 19.2 Å². The van der Waals surface area contributed by atoms with Gasteiger partial charge in [0, 0.05) is 17.4 Å². The highest BCUT2D eigenvalue weighted by Gasteiger charge is 2.35. The van der Waals surface area contributed by atoms with Crippen molar-refractivity contribution in [3.05, 3.63) is 102 Å². The van der Waals surface area contributed by atoms with E-state index in [9.17, 15) is 13.2 Å². The first-order chi connectivity index (χ1) is 15.9. The number of nitrogens with zero attached hydrogens (tertiary/aromatic N) is 2. The molecule has 0 aliphatic carbocycles. The van der Waals surface area contributed by atoms with Gasteiger partial charge in [0.05, 0.1) is 20.3 Å². The normalized spacial score (nSPS) is 11.5. The summed E-state index contributed by atoms with van der Waals surface area (Å²) >= 11 is 0. The van der Waals surface area contributed by atoms with Crippen molar-refractivity contribution in [2.24, 2.45) is 0 Å². The molecule has 0 amide bonds. The molecule has 0 bridgehead atoms. The number of imidazole rings is 1. The van der Waals surface area contributed by atoms with Crippen LogP contribution in [-0.2, 0) is 23.9 Å². The molecule has 1 heterocycles. The minimum Gasteiger partial charge on any atom is -0.497 e. The van der Waals surface area contributed by atoms with Crippen molar-refractivity contribution in [3.8, 4) is 22.8 Å². The molecule has 4 nitrogen and oxygen atoms in total. The zero-order valence-corrected chi connectivity index (χ0v) is 18.0. The van der Waals surface area contributed by atoms with E-state index in [4.69, 9.17) is 9.47 Å². The summed E-state index contributed by atoms with van der Waals surface area (Å²) < 4.78 is 52.5. The van der Waals surface area contributed by atoms with Crippen LogP contribution in [0.2, 0.25) is 0 Å². The zero-order chi connectivity index (χ0) is 23.3. The predicted octanol–water partition coefficient (Wildman–Crippen LogP) is 6.33. The number of methoxy groups -OCH3 is 1. The first kappa shape index (κ1) is 22.6. The fourth-order valence-corrected chi connectivity index (χ4v) is 3.43. The Morgan fingerprint density at radius 3 is 2.18 bits per heavy atom. The fourth-order valence-electron chi connectivity index (χ4n) is 3.43. The zero-order valence-electron chi connectivity index (χ0n) is 18.0. The molecule has 0 N–H and O–H groups in total. The molecule has 0 aliphatic rings. The Hall–Kier alpha value is -3.58. The van der Waals surface area contributed by atoms with E-state index in [2.05, 4.69) is 4.98 Å². The minimum atomic E-state index is -4.54. The van der Waals surface area contributed by atoms with Gasteiger partial charge in [0.25, 0.3) is 0 Å². The van der Waals surface area contributed by atoms with E-state index in [1.54, 1.807) is 36.4 Å². The van der Waals surface area contributed by atoms with Gasteiger partial charge in [-0.05, 0) is 53.9 Å². The molecule has 0 unspecified atom stereocenters. The second-order valence-electron chi connectivity index (χ2n) is 7.50. The Kier molecular flexibility index (Phi) is 6.79. The Morgan fingerprint density at radius 1 is 0.848 bits per heavy atom. The average Bonchev–Trinajstić information content (AvgIpc) is 3.29. The summed E-state index contributed by atoms with van der Waals surface area (Å²) in [5.74, 6) is 0.829. The van der Waals surface area contributed by atoms with Crippen LogP contribution in [0.3, 0.4) is 0 Å². The molecule has 0 radical (unpaired) electrons. The number of benzene rings is 3. The van der Waals surface area contributed by atoms with Gasteiger partial charge in [-0.3, -0.25) is 4.57 Å². The molecular weight excluding hydrogens is 429 g/mol. The maximum Gasteiger partial charge on any atom is 0.434 e. The van der Waals surface area contributed by atoms with E-state index in [1.807, 2.05) is 42.5 Å². The SMILES string of the molecule is COc1ccc(-c2nc(C(F)(F)F)cn2-c2ccc(CCOCc3ccccc3)cc2)cc1. The monoisotopic (exact) mass is 452 g/mol. The summed E-state index contributed by atoms with van der Waals surface area (Å²) in [5.41, 5.74) is 2.36. The van der Waals surface area contributed by atoms with Crippen LogP contribution in [0.4, 0.5) is 13.2 Å². The third-order valence-corrected chi connectivity index (χ3v) is 5.21. The third kappa shape index (κ3) is 5.62. The van der Waals surface area contributed by atoms with Crippen LogP contribution in [0, 0.1) is 0 Å². The molecule has 0 spiro atoms. The van der Waals surface area contributed by atoms with Crippen LogP contribution in [0.25, 0.3) is 17.1 Å². The van der Waals surface area contributed by atoms with Crippen LogP contribution in [0.5, 0.6) is 5.75 Å². The van der Waals surface area contributed by atoms with Crippen LogP contribution in [-0.4, -0.2) is 23.3 Å². The van der Waals surface area contributed by atoms with Gasteiger partial charge in [0.15, 0.2) is 5.69 Å². The van der Waals surface area contributed by atoms with Crippen molar-refractivity contribution in [2.75, 3.05) is 13.7 Å². The summed E-state index contributed by atoms with van der Waals surface area (Å²) in [6.45, 7) is 1.09. The highest BCUT2D eigenvalue weighted by molar-refractivity contribution is 5.60. The second kappa shape index (κ2) is 9.92. The molecule has 3 aromatic carbocycles. The molecule has 7 heteroatoms. The Bertz CT molecular complexity index is 1170. The van der Waals surface area contributed by atoms with Crippen molar-refractivity contribution in [1.29, 1.82) is 0 Å². The van der Waals surface area contributed by atoms with Gasteiger partial charge < -0.3 is 9.47 Å². The van der Waals surface area contributed by atoms with Crippen molar-refractivity contribution in [3.63, 3.8) is 0 Å². The Balaban J connectivity index is 1.50. The maximum absolute atomic E-state index is 13.4. The number of aromatic nitrogens is 2. The molecular formula is C26H23F3N2O2. The van der Waals surface area contributed by atoms with Crippen molar-refractivity contribution < 1.29 is 22.6 Å². The van der Waals surface area contributed by atoms with Gasteiger partial charge >= 0.3 is 6.18 Å². The van der Waals surface area contributed by atoms with Gasteiger partial charge in [0.2, 0.25) is 0 Å². The van der Waals surface area contributed by atoms with E-state index in [1.165, 1.54) is 11.7 Å². The van der Waals surface area contributed by atoms with Crippen LogP contribution in [0.15, 0.2) is 85.1 Å². The highest BCUT2D eigenvalue weighted by atomic mass is 19.4. The average molecular weight is 452 g/mol. The summed E-state index contributed by atoms with van der Waals surface area (Å²) in [5, 5.41) is 0. The Labute approximate surface area is 190 Å². The number of halogens is 3. The van der Waals surface area contributed by atoms with Crippen molar-refractivity contribution >= 4 is 0 Å². The number of hydrogen-bond acceptors (Lipinski definition) is 3. The van der Waals surface area contributed by atoms with Crippen LogP contribution < -0.4 is 4.74 Å². The molecule has 1 aromatic heterocycles. The van der Waals surface area contributed by atoms with E-state index in [-0.39, 0.29) is 5.82 Å². The molecule has 0 fully saturated rings. The number of ether oxygens (including phenoxy) is 2. The summed E-state index contributed by atoms with van der Waals surface area (Å²) in [6, 6.07) is 24.1. The lowest BCUT2D eigenvalue weighted by Crippen LogP contribution is -2.05. The number of hydrogen-bond donors (Lipinski definition) is 0. The second-order valence-corrected chi connectivity index (χ2v) is 7.50. The first-order valence-electron chi connectivity index (χ1n) is 10.5. The van der Waals surface area contributed by atoms with Crippen molar-refractivity contribution in [1.82, 2.24) is 9.55 Å². The predicted molar refractivity (Wildman–Crippen MR) is 120 cm³/mol. The van der Waals surface area contributed by atoms with E-state index < -0.39 is 11.9 Å². The van der Waals surface area contributed by atoms with Crippen LogP contribution in [0.1, 0.15) is 16.8 Å². The third-order valence-electron chi connectivity index (χ3n) is 5.21. The molecule has 0 atom stereocenters. The first-order valence-corrected chi connectivity index (χ1v) is 10.5. The summed E-state index contributed by atoms with van der Waals surface area (Å²) in [7, 11) is 1.53. The Morgan fingerprint density at radius 2 is 1.55 bits per heavy atom. The molecule has 0 saturated carbocycles. The number of rotatable bonds is 8. The van der Waals surface area contributed by atoms with E-state index in [0.29, 0.717) is 36.6 Å². The quantitative estimate of drug-likeness (QED) is 0.293. The lowest BCUT2D eigenvalue weighted by atomic mass is 10.1. The molecule has 0 saturated heterocycles. The topological polar surface area (TPSA) is 36.3 Å². The van der Waals surface area contributed by atoms with Gasteiger partial charge in [-0.2, -0.15) is 13.2 Å². The lowest BCUT2D eigenvalue weighted by molar-refractivity contribution is -0.140. The number of alkyl halides is 3. The summed E-state index contributed by atoms with van der Waals surface area (Å²) in [4.78, 5) is 3.87. The molecule has 4 rings (SSSR count). The molecule has 170 valence electrons. The molecule has 0 aliphatic heterocycles. The molecule has 33 heavy (non-hydrogen) atoms. The highest BCUT2D eigenvalue weighted by Crippen LogP contribution is 2.33. The van der Waals surface area contributed by atoms with Gasteiger partial charge in [-0.15, -0.1) is 0 Å². The largest absolute Gasteiger partial charge is 0.497 e.